The van der Waals surface area contributed by atoms with E-state index in [-0.39, 0.29) is 12.1 Å². The van der Waals surface area contributed by atoms with E-state index >= 15 is 0 Å². The lowest BCUT2D eigenvalue weighted by Crippen LogP contribution is -2.42. The van der Waals surface area contributed by atoms with Crippen molar-refractivity contribution in [1.82, 2.24) is 20.2 Å². The molecule has 1 aliphatic rings. The molecule has 1 aliphatic carbocycles. The van der Waals surface area contributed by atoms with Crippen molar-refractivity contribution in [2.75, 3.05) is 26.0 Å². The number of allylic oxidation sites excluding steroid dienone is 2. The van der Waals surface area contributed by atoms with Crippen molar-refractivity contribution in [2.24, 2.45) is 0 Å². The Morgan fingerprint density at radius 1 is 1.36 bits per heavy atom. The summed E-state index contributed by atoms with van der Waals surface area (Å²) in [4.78, 5) is 22.6. The van der Waals surface area contributed by atoms with Gasteiger partial charge in [-0.15, -0.1) is 11.3 Å². The van der Waals surface area contributed by atoms with E-state index < -0.39 is 0 Å². The molecule has 6 nitrogen and oxygen atoms in total. The molecule has 28 heavy (non-hydrogen) atoms. The number of aromatic nitrogens is 2. The predicted octanol–water partition coefficient (Wildman–Crippen LogP) is 4.26. The van der Waals surface area contributed by atoms with Crippen LogP contribution in [0.2, 0.25) is 0 Å². The van der Waals surface area contributed by atoms with E-state index in [2.05, 4.69) is 57.0 Å². The Labute approximate surface area is 168 Å². The number of rotatable bonds is 4. The predicted molar refractivity (Wildman–Crippen MR) is 117 cm³/mol. The smallest absolute Gasteiger partial charge is 0.317 e. The number of nitrogens with one attached hydrogen (secondary N) is 2. The number of carbonyl (C=O) groups is 1. The second-order valence-electron chi connectivity index (χ2n) is 6.79. The van der Waals surface area contributed by atoms with Crippen molar-refractivity contribution >= 4 is 49.1 Å². The number of benzene rings is 1. The van der Waals surface area contributed by atoms with Gasteiger partial charge in [-0.05, 0) is 30.5 Å². The van der Waals surface area contributed by atoms with Crippen LogP contribution in [-0.4, -0.2) is 47.6 Å². The Morgan fingerprint density at radius 2 is 2.21 bits per heavy atom. The van der Waals surface area contributed by atoms with Gasteiger partial charge in [-0.3, -0.25) is 0 Å². The van der Waals surface area contributed by atoms with E-state index in [0.717, 1.165) is 39.0 Å². The van der Waals surface area contributed by atoms with Crippen LogP contribution in [0, 0.1) is 0 Å². The van der Waals surface area contributed by atoms with Gasteiger partial charge >= 0.3 is 6.03 Å². The zero-order valence-electron chi connectivity index (χ0n) is 16.2. The van der Waals surface area contributed by atoms with Crippen LogP contribution in [0.15, 0.2) is 42.8 Å². The van der Waals surface area contributed by atoms with Crippen LogP contribution in [0.5, 0.6) is 0 Å². The topological polar surface area (TPSA) is 70.2 Å². The van der Waals surface area contributed by atoms with Crippen molar-refractivity contribution < 1.29 is 4.79 Å². The summed E-state index contributed by atoms with van der Waals surface area (Å²) in [6, 6.07) is 6.39. The summed E-state index contributed by atoms with van der Waals surface area (Å²) >= 11 is 1.69. The maximum absolute atomic E-state index is 12.2. The number of hydrogen-bond acceptors (Lipinski definition) is 5. The van der Waals surface area contributed by atoms with Gasteiger partial charge in [-0.25, -0.2) is 14.8 Å². The third-order valence-corrected chi connectivity index (χ3v) is 6.17. The van der Waals surface area contributed by atoms with Crippen molar-refractivity contribution in [2.45, 2.75) is 19.4 Å². The number of fused-ring (bicyclic) bond motifs is 3. The molecule has 0 aliphatic heterocycles. The Balaban J connectivity index is 1.67. The Kier molecular flexibility index (Phi) is 5.00. The molecule has 1 atom stereocenters. The van der Waals surface area contributed by atoms with Crippen molar-refractivity contribution in [3.05, 3.63) is 48.3 Å². The van der Waals surface area contributed by atoms with Gasteiger partial charge in [0.25, 0.3) is 0 Å². The lowest BCUT2D eigenvalue weighted by molar-refractivity contribution is 0.209. The molecule has 0 radical (unpaired) electrons. The molecular formula is C21H23N5OS. The van der Waals surface area contributed by atoms with E-state index in [1.165, 1.54) is 4.70 Å². The summed E-state index contributed by atoms with van der Waals surface area (Å²) in [5.74, 6) is 0.854. The molecule has 2 heterocycles. The number of urea groups is 1. The van der Waals surface area contributed by atoms with Crippen LogP contribution < -0.4 is 10.6 Å². The van der Waals surface area contributed by atoms with Gasteiger partial charge in [0.2, 0.25) is 0 Å². The third-order valence-electron chi connectivity index (χ3n) is 5.02. The first-order valence-electron chi connectivity index (χ1n) is 9.36. The first-order valence-corrected chi connectivity index (χ1v) is 10.2. The van der Waals surface area contributed by atoms with E-state index in [1.807, 2.05) is 14.0 Å². The molecule has 3 aromatic rings. The van der Waals surface area contributed by atoms with Crippen molar-refractivity contribution in [3.8, 4) is 0 Å². The maximum atomic E-state index is 12.2. The van der Waals surface area contributed by atoms with Crippen molar-refractivity contribution in [1.29, 1.82) is 0 Å². The zero-order chi connectivity index (χ0) is 19.7. The summed E-state index contributed by atoms with van der Waals surface area (Å²) in [6.07, 6.45) is 8.78. The van der Waals surface area contributed by atoms with Gasteiger partial charge in [0.05, 0.1) is 16.3 Å². The standard InChI is InChI=1S/C21H23N5OS/c1-4-26(3)21(27)25-15-7-5-6-13(10-15)14-8-9-16-17(11-14)28-19-18(16)23-12-24-20(19)22-2/h5-6,8-12,15H,4,7H2,1-3H3,(H,25,27)(H,22,23,24). The normalized spacial score (nSPS) is 16.2. The maximum Gasteiger partial charge on any atom is 0.317 e. The van der Waals surface area contributed by atoms with E-state index in [1.54, 1.807) is 29.6 Å². The fourth-order valence-electron chi connectivity index (χ4n) is 3.32. The van der Waals surface area contributed by atoms with Gasteiger partial charge in [0.15, 0.2) is 0 Å². The van der Waals surface area contributed by atoms with E-state index in [9.17, 15) is 4.79 Å². The molecule has 0 saturated carbocycles. The van der Waals surface area contributed by atoms with Gasteiger partial charge in [-0.1, -0.05) is 30.4 Å². The number of nitrogens with zero attached hydrogens (tertiary/aromatic N) is 3. The SMILES string of the molecule is CCN(C)C(=O)NC1C=C(c2ccc3c(c2)sc2c(NC)ncnc23)C=CC1. The molecule has 1 aromatic carbocycles. The highest BCUT2D eigenvalue weighted by Gasteiger charge is 2.16. The van der Waals surface area contributed by atoms with Crippen LogP contribution in [0.1, 0.15) is 18.9 Å². The van der Waals surface area contributed by atoms with Gasteiger partial charge in [-0.2, -0.15) is 0 Å². The summed E-state index contributed by atoms with van der Waals surface area (Å²) in [6.45, 7) is 2.65. The van der Waals surface area contributed by atoms with Crippen LogP contribution in [-0.2, 0) is 0 Å². The minimum absolute atomic E-state index is 0.00126. The Bertz CT molecular complexity index is 1100. The van der Waals surface area contributed by atoms with Crippen molar-refractivity contribution in [3.63, 3.8) is 0 Å². The van der Waals surface area contributed by atoms with Gasteiger partial charge in [0.1, 0.15) is 12.1 Å². The number of carbonyl (C=O) groups excluding carboxylic acids is 1. The van der Waals surface area contributed by atoms with E-state index in [4.69, 9.17) is 0 Å². The first-order chi connectivity index (χ1) is 13.6. The zero-order valence-corrected chi connectivity index (χ0v) is 17.0. The third kappa shape index (κ3) is 3.33. The van der Waals surface area contributed by atoms with E-state index in [0.29, 0.717) is 6.54 Å². The summed E-state index contributed by atoms with van der Waals surface area (Å²) in [5.41, 5.74) is 3.24. The lowest BCUT2D eigenvalue weighted by atomic mass is 9.96. The minimum atomic E-state index is -0.0449. The molecular weight excluding hydrogens is 370 g/mol. The van der Waals surface area contributed by atoms with Crippen LogP contribution >= 0.6 is 11.3 Å². The highest BCUT2D eigenvalue weighted by molar-refractivity contribution is 7.26. The number of thiophene rings is 1. The quantitative estimate of drug-likeness (QED) is 0.695. The minimum Gasteiger partial charge on any atom is -0.372 e. The molecule has 0 fully saturated rings. The Morgan fingerprint density at radius 3 is 3.00 bits per heavy atom. The molecule has 4 rings (SSSR count). The van der Waals surface area contributed by atoms with Gasteiger partial charge in [0, 0.05) is 30.7 Å². The number of anilines is 1. The molecule has 2 N–H and O–H groups in total. The van der Waals surface area contributed by atoms with Crippen LogP contribution in [0.25, 0.3) is 25.9 Å². The number of amides is 2. The Hall–Kier alpha value is -2.93. The average Bonchev–Trinajstić information content (AvgIpc) is 3.11. The fourth-order valence-corrected chi connectivity index (χ4v) is 4.51. The summed E-state index contributed by atoms with van der Waals surface area (Å²) in [7, 11) is 3.68. The molecule has 144 valence electrons. The molecule has 0 bridgehead atoms. The monoisotopic (exact) mass is 393 g/mol. The first kappa shape index (κ1) is 18.4. The molecule has 0 saturated heterocycles. The number of hydrogen-bond donors (Lipinski definition) is 2. The van der Waals surface area contributed by atoms with Crippen LogP contribution in [0.3, 0.4) is 0 Å². The van der Waals surface area contributed by atoms with Crippen LogP contribution in [0.4, 0.5) is 10.6 Å². The second kappa shape index (κ2) is 7.59. The molecule has 7 heteroatoms. The summed E-state index contributed by atoms with van der Waals surface area (Å²) in [5, 5.41) is 7.35. The highest BCUT2D eigenvalue weighted by atomic mass is 32.1. The largest absolute Gasteiger partial charge is 0.372 e. The fraction of sp³-hybridized carbons (Fsp3) is 0.286. The van der Waals surface area contributed by atoms with Gasteiger partial charge < -0.3 is 15.5 Å². The second-order valence-corrected chi connectivity index (χ2v) is 7.85. The summed E-state index contributed by atoms with van der Waals surface area (Å²) < 4.78 is 2.24. The molecule has 2 aromatic heterocycles. The lowest BCUT2D eigenvalue weighted by Gasteiger charge is -2.22. The molecule has 2 amide bonds. The highest BCUT2D eigenvalue weighted by Crippen LogP contribution is 2.37. The molecule has 0 spiro atoms. The average molecular weight is 394 g/mol. The molecule has 1 unspecified atom stereocenters.